The normalized spacial score (nSPS) is 13.6. The van der Waals surface area contributed by atoms with Crippen molar-refractivity contribution < 1.29 is 80.8 Å². The van der Waals surface area contributed by atoms with Gasteiger partial charge in [-0.2, -0.15) is 0 Å². The van der Waals surface area contributed by atoms with Crippen LogP contribution in [0.3, 0.4) is 0 Å². The standard InChI is InChI=1S/2C10H8N2.2F6P.2H2O.Ru/c2*1-3-7-11-9(5-1)10-6-2-4-8-12-10;2*1-7(2,3,4,5)6;;;/h2*1-8H;;;2*1H2;/q;;2*-1;;;+2/p+2. The van der Waals surface area contributed by atoms with E-state index < -0.39 is 15.6 Å². The van der Waals surface area contributed by atoms with Crippen LogP contribution in [0.1, 0.15) is 0 Å². The minimum absolute atomic E-state index is 0. The third-order valence-corrected chi connectivity index (χ3v) is 3.18. The molecule has 4 heterocycles. The van der Waals surface area contributed by atoms with Gasteiger partial charge in [0.25, 0.3) is 0 Å². The van der Waals surface area contributed by atoms with Crippen molar-refractivity contribution >= 4 is 15.6 Å². The fourth-order valence-corrected chi connectivity index (χ4v) is 2.06. The molecular formula is C20H22F12N4O2P2Ru+2. The van der Waals surface area contributed by atoms with Gasteiger partial charge in [0, 0.05) is 24.8 Å². The molecule has 6 nitrogen and oxygen atoms in total. The smallest absolute Gasteiger partial charge is 0.457 e. The summed E-state index contributed by atoms with van der Waals surface area (Å²) in [7, 11) is -21.3. The predicted octanol–water partition coefficient (Wildman–Crippen LogP) is 9.21. The Morgan fingerprint density at radius 3 is 0.585 bits per heavy atom. The van der Waals surface area contributed by atoms with Gasteiger partial charge in [0.05, 0.1) is 22.8 Å². The van der Waals surface area contributed by atoms with Gasteiger partial charge in [0.2, 0.25) is 0 Å². The summed E-state index contributed by atoms with van der Waals surface area (Å²) >= 11 is 0. The second kappa shape index (κ2) is 13.9. The molecule has 0 unspecified atom stereocenters. The Morgan fingerprint density at radius 2 is 0.488 bits per heavy atom. The molecule has 0 aromatic carbocycles. The van der Waals surface area contributed by atoms with Gasteiger partial charge in [0.1, 0.15) is 0 Å². The average molecular weight is 741 g/mol. The monoisotopic (exact) mass is 742 g/mol. The van der Waals surface area contributed by atoms with E-state index >= 15 is 0 Å². The van der Waals surface area contributed by atoms with Crippen molar-refractivity contribution in [3.8, 4) is 22.8 Å². The van der Waals surface area contributed by atoms with E-state index in [1.165, 1.54) is 0 Å². The molecule has 0 saturated heterocycles. The first-order valence-corrected chi connectivity index (χ1v) is 13.7. The predicted molar refractivity (Wildman–Crippen MR) is 132 cm³/mol. The van der Waals surface area contributed by atoms with Crippen molar-refractivity contribution in [1.29, 1.82) is 0 Å². The summed E-state index contributed by atoms with van der Waals surface area (Å²) in [6.07, 6.45) is 7.07. The van der Waals surface area contributed by atoms with E-state index in [0.29, 0.717) is 0 Å². The molecule has 4 aromatic heterocycles. The number of halogens is 12. The van der Waals surface area contributed by atoms with Crippen molar-refractivity contribution in [1.82, 2.24) is 19.9 Å². The maximum Gasteiger partial charge on any atom is 2.00 e. The second-order valence-corrected chi connectivity index (χ2v) is 10.6. The number of hydrogen-bond donors (Lipinski definition) is 0. The summed E-state index contributed by atoms with van der Waals surface area (Å²) in [5, 5.41) is 0. The Bertz CT molecular complexity index is 1080. The quantitative estimate of drug-likeness (QED) is 0.0881. The van der Waals surface area contributed by atoms with E-state index in [4.69, 9.17) is 0 Å². The van der Waals surface area contributed by atoms with Crippen molar-refractivity contribution in [2.24, 2.45) is 0 Å². The topological polar surface area (TPSA) is 118 Å². The van der Waals surface area contributed by atoms with E-state index in [9.17, 15) is 50.4 Å². The first kappa shape index (κ1) is 42.6. The van der Waals surface area contributed by atoms with Gasteiger partial charge < -0.3 is 11.0 Å². The van der Waals surface area contributed by atoms with Gasteiger partial charge in [-0.25, -0.2) is 0 Å². The molecule has 21 heteroatoms. The van der Waals surface area contributed by atoms with Crippen LogP contribution in [-0.4, -0.2) is 19.9 Å². The molecule has 0 aliphatic carbocycles. The number of pyridine rings is 4. The van der Waals surface area contributed by atoms with E-state index in [1.54, 1.807) is 24.8 Å². The van der Waals surface area contributed by atoms with Crippen LogP contribution < -0.4 is 0 Å². The summed E-state index contributed by atoms with van der Waals surface area (Å²) in [6.45, 7) is 0. The number of nitrogens with zero attached hydrogens (tertiary/aromatic N) is 4. The summed E-state index contributed by atoms with van der Waals surface area (Å²) in [5.74, 6) is 0. The fourth-order valence-electron chi connectivity index (χ4n) is 2.06. The third kappa shape index (κ3) is 33.3. The summed E-state index contributed by atoms with van der Waals surface area (Å²) in [6, 6.07) is 23.2. The molecule has 0 aliphatic heterocycles. The van der Waals surface area contributed by atoms with Crippen LogP contribution >= 0.6 is 15.6 Å². The molecule has 0 aliphatic rings. The summed E-state index contributed by atoms with van der Waals surface area (Å²) in [5.41, 5.74) is 3.66. The molecule has 0 amide bonds. The number of aromatic nitrogens is 4. The Balaban J connectivity index is -0.000000475. The minimum atomic E-state index is -10.7. The van der Waals surface area contributed by atoms with Crippen molar-refractivity contribution in [3.05, 3.63) is 97.6 Å². The summed E-state index contributed by atoms with van der Waals surface area (Å²) in [4.78, 5) is 16.7. The molecule has 0 radical (unpaired) electrons. The summed E-state index contributed by atoms with van der Waals surface area (Å²) < 4.78 is 118. The molecule has 6 N–H and O–H groups in total. The maximum atomic E-state index is 9.87. The zero-order valence-corrected chi connectivity index (χ0v) is 23.5. The first-order chi connectivity index (χ1) is 16.8. The molecule has 0 bridgehead atoms. The molecular weight excluding hydrogens is 719 g/mol. The van der Waals surface area contributed by atoms with Crippen molar-refractivity contribution in [2.75, 3.05) is 0 Å². The second-order valence-electron chi connectivity index (χ2n) is 6.78. The number of rotatable bonds is 2. The van der Waals surface area contributed by atoms with Crippen LogP contribution in [-0.2, 0) is 30.4 Å². The SMILES string of the molecule is F[P-](F)(F)(F)(F)F.F[P-](F)(F)(F)(F)F.[OH3+].[OH3+].[Ru+2].c1ccc(-c2ccccn2)nc1.c1ccc(-c2ccccn2)nc1. The fraction of sp³-hybridized carbons (Fsp3) is 0. The van der Waals surface area contributed by atoms with Crippen LogP contribution in [0.15, 0.2) is 97.6 Å². The van der Waals surface area contributed by atoms with Crippen molar-refractivity contribution in [2.45, 2.75) is 0 Å². The maximum absolute atomic E-state index is 10.7. The third-order valence-electron chi connectivity index (χ3n) is 3.18. The first-order valence-electron chi connectivity index (χ1n) is 9.61. The van der Waals surface area contributed by atoms with E-state index in [1.807, 2.05) is 72.8 Å². The van der Waals surface area contributed by atoms with Gasteiger partial charge >= 0.3 is 85.5 Å². The van der Waals surface area contributed by atoms with Gasteiger partial charge in [-0.05, 0) is 48.5 Å². The van der Waals surface area contributed by atoms with Crippen molar-refractivity contribution in [3.63, 3.8) is 0 Å². The largest absolute Gasteiger partial charge is 2.00 e. The molecule has 0 atom stereocenters. The van der Waals surface area contributed by atoms with E-state index in [0.717, 1.165) is 22.8 Å². The van der Waals surface area contributed by atoms with E-state index in [2.05, 4.69) is 19.9 Å². The molecule has 234 valence electrons. The Labute approximate surface area is 236 Å². The molecule has 0 saturated carbocycles. The van der Waals surface area contributed by atoms with Gasteiger partial charge in [-0.15, -0.1) is 0 Å². The zero-order chi connectivity index (χ0) is 29.3. The molecule has 4 rings (SSSR count). The molecule has 0 spiro atoms. The molecule has 4 aromatic rings. The van der Waals surface area contributed by atoms with Crippen LogP contribution in [0.5, 0.6) is 0 Å². The van der Waals surface area contributed by atoms with Gasteiger partial charge in [0.15, 0.2) is 0 Å². The van der Waals surface area contributed by atoms with Gasteiger partial charge in [-0.3, -0.25) is 19.9 Å². The Morgan fingerprint density at radius 1 is 0.341 bits per heavy atom. The van der Waals surface area contributed by atoms with Crippen LogP contribution in [0.25, 0.3) is 22.8 Å². The Hall–Kier alpha value is -2.84. The molecule has 0 fully saturated rings. The Kier molecular flexibility index (Phi) is 14.4. The number of hydrogen-bond acceptors (Lipinski definition) is 4. The van der Waals surface area contributed by atoms with E-state index in [-0.39, 0.29) is 30.4 Å². The minimum Gasteiger partial charge on any atom is -0.457 e. The van der Waals surface area contributed by atoms with Crippen LogP contribution in [0.2, 0.25) is 0 Å². The van der Waals surface area contributed by atoms with Gasteiger partial charge in [-0.1, -0.05) is 24.3 Å². The molecule has 41 heavy (non-hydrogen) atoms. The average Bonchev–Trinajstić information content (AvgIpc) is 2.78. The van der Waals surface area contributed by atoms with Crippen LogP contribution in [0.4, 0.5) is 50.4 Å². The zero-order valence-electron chi connectivity index (χ0n) is 20.0. The van der Waals surface area contributed by atoms with Crippen LogP contribution in [0, 0.1) is 0 Å².